The molecule has 4 rings (SSSR count). The van der Waals surface area contributed by atoms with Crippen molar-refractivity contribution in [2.24, 2.45) is 0 Å². The number of carbonyl (C=O) groups excluding carboxylic acids is 2. The first-order valence-electron chi connectivity index (χ1n) is 9.02. The van der Waals surface area contributed by atoms with Crippen LogP contribution in [0.25, 0.3) is 0 Å². The number of rotatable bonds is 4. The second-order valence-corrected chi connectivity index (χ2v) is 6.85. The lowest BCUT2D eigenvalue weighted by atomic mass is 10.2. The minimum Gasteiger partial charge on any atom is -0.489 e. The molecule has 2 aromatic rings. The monoisotopic (exact) mass is 419 g/mol. The number of fused-ring (bicyclic) bond motifs is 2. The molecule has 0 aliphatic carbocycles. The van der Waals surface area contributed by atoms with Crippen molar-refractivity contribution in [3.05, 3.63) is 40.9 Å². The molecule has 1 atom stereocenters. The summed E-state index contributed by atoms with van der Waals surface area (Å²) in [6.07, 6.45) is -0.329. The van der Waals surface area contributed by atoms with Crippen molar-refractivity contribution in [1.29, 1.82) is 0 Å². The summed E-state index contributed by atoms with van der Waals surface area (Å²) in [6, 6.07) is 7.92. The normalized spacial score (nSPS) is 15.2. The number of hydrogen-bond donors (Lipinski definition) is 1. The maximum atomic E-state index is 12.5. The van der Waals surface area contributed by atoms with E-state index in [1.807, 2.05) is 0 Å². The third-order valence-electron chi connectivity index (χ3n) is 4.33. The Balaban J connectivity index is 1.42. The summed E-state index contributed by atoms with van der Waals surface area (Å²) in [6.45, 7) is 2.55. The lowest BCUT2D eigenvalue weighted by Gasteiger charge is -2.15. The van der Waals surface area contributed by atoms with Crippen LogP contribution in [0.15, 0.2) is 30.3 Å². The van der Waals surface area contributed by atoms with Crippen LogP contribution in [0.1, 0.15) is 23.7 Å². The molecule has 0 aromatic heterocycles. The van der Waals surface area contributed by atoms with Crippen LogP contribution >= 0.6 is 11.6 Å². The zero-order valence-corrected chi connectivity index (χ0v) is 16.3. The molecule has 2 heterocycles. The number of esters is 1. The SMILES string of the molecule is CC(OC(=O)c1cc(Cl)c2c(c1)OCCCO2)C(=O)Nc1ccc2c(c1)OCO2. The van der Waals surface area contributed by atoms with Crippen LogP contribution in [0.3, 0.4) is 0 Å². The molecule has 1 N–H and O–H groups in total. The molecule has 2 aromatic carbocycles. The van der Waals surface area contributed by atoms with Crippen LogP contribution in [-0.2, 0) is 9.53 Å². The Labute approximate surface area is 171 Å². The Bertz CT molecular complexity index is 962. The third-order valence-corrected chi connectivity index (χ3v) is 4.61. The van der Waals surface area contributed by atoms with Crippen molar-refractivity contribution in [1.82, 2.24) is 0 Å². The highest BCUT2D eigenvalue weighted by Gasteiger charge is 2.23. The maximum absolute atomic E-state index is 12.5. The molecule has 0 radical (unpaired) electrons. The van der Waals surface area contributed by atoms with Crippen molar-refractivity contribution in [2.75, 3.05) is 25.3 Å². The van der Waals surface area contributed by atoms with Gasteiger partial charge in [-0.15, -0.1) is 0 Å². The number of hydrogen-bond acceptors (Lipinski definition) is 7. The van der Waals surface area contributed by atoms with Crippen molar-refractivity contribution in [2.45, 2.75) is 19.4 Å². The second kappa shape index (κ2) is 8.08. The van der Waals surface area contributed by atoms with Gasteiger partial charge in [0.1, 0.15) is 0 Å². The van der Waals surface area contributed by atoms with E-state index >= 15 is 0 Å². The minimum atomic E-state index is -1.04. The predicted molar refractivity (Wildman–Crippen MR) is 103 cm³/mol. The quantitative estimate of drug-likeness (QED) is 0.759. The van der Waals surface area contributed by atoms with E-state index in [9.17, 15) is 9.59 Å². The average molecular weight is 420 g/mol. The topological polar surface area (TPSA) is 92.3 Å². The number of halogens is 1. The highest BCUT2D eigenvalue weighted by atomic mass is 35.5. The Morgan fingerprint density at radius 2 is 1.83 bits per heavy atom. The summed E-state index contributed by atoms with van der Waals surface area (Å²) in [5.41, 5.74) is 0.669. The largest absolute Gasteiger partial charge is 0.489 e. The fraction of sp³-hybridized carbons (Fsp3) is 0.300. The lowest BCUT2D eigenvalue weighted by molar-refractivity contribution is -0.123. The molecule has 0 saturated heterocycles. The summed E-state index contributed by atoms with van der Waals surface area (Å²) in [4.78, 5) is 24.9. The molecule has 152 valence electrons. The smallest absolute Gasteiger partial charge is 0.339 e. The molecular weight excluding hydrogens is 402 g/mol. The van der Waals surface area contributed by atoms with Crippen LogP contribution in [0.4, 0.5) is 5.69 Å². The molecule has 2 aliphatic heterocycles. The number of ether oxygens (including phenoxy) is 5. The molecule has 8 nitrogen and oxygen atoms in total. The zero-order chi connectivity index (χ0) is 20.4. The van der Waals surface area contributed by atoms with E-state index in [4.69, 9.17) is 35.3 Å². The van der Waals surface area contributed by atoms with Crippen LogP contribution in [-0.4, -0.2) is 38.0 Å². The van der Waals surface area contributed by atoms with Crippen LogP contribution < -0.4 is 24.3 Å². The molecular formula is C20H18ClNO7. The van der Waals surface area contributed by atoms with E-state index in [2.05, 4.69) is 5.32 Å². The summed E-state index contributed by atoms with van der Waals surface area (Å²) in [5.74, 6) is 0.727. The maximum Gasteiger partial charge on any atom is 0.339 e. The first kappa shape index (κ1) is 19.2. The van der Waals surface area contributed by atoms with Gasteiger partial charge >= 0.3 is 5.97 Å². The minimum absolute atomic E-state index is 0.138. The van der Waals surface area contributed by atoms with Crippen LogP contribution in [0.2, 0.25) is 5.02 Å². The highest BCUT2D eigenvalue weighted by Crippen LogP contribution is 2.38. The van der Waals surface area contributed by atoms with E-state index in [0.717, 1.165) is 0 Å². The van der Waals surface area contributed by atoms with Crippen molar-refractivity contribution in [3.63, 3.8) is 0 Å². The summed E-state index contributed by atoms with van der Waals surface area (Å²) >= 11 is 6.20. The van der Waals surface area contributed by atoms with Gasteiger partial charge in [0.2, 0.25) is 6.79 Å². The molecule has 29 heavy (non-hydrogen) atoms. The number of amides is 1. The van der Waals surface area contributed by atoms with Crippen molar-refractivity contribution >= 4 is 29.2 Å². The van der Waals surface area contributed by atoms with E-state index in [1.54, 1.807) is 18.2 Å². The van der Waals surface area contributed by atoms with Crippen molar-refractivity contribution in [3.8, 4) is 23.0 Å². The Kier molecular flexibility index (Phi) is 5.35. The molecule has 0 fully saturated rings. The molecule has 9 heteroatoms. The number of nitrogens with one attached hydrogen (secondary N) is 1. The molecule has 0 spiro atoms. The molecule has 1 unspecified atom stereocenters. The van der Waals surface area contributed by atoms with E-state index < -0.39 is 18.0 Å². The van der Waals surface area contributed by atoms with E-state index in [1.165, 1.54) is 19.1 Å². The molecule has 0 saturated carbocycles. The van der Waals surface area contributed by atoms with Crippen LogP contribution in [0, 0.1) is 0 Å². The van der Waals surface area contributed by atoms with E-state index in [0.29, 0.717) is 48.3 Å². The van der Waals surface area contributed by atoms with Gasteiger partial charge in [-0.05, 0) is 31.2 Å². The summed E-state index contributed by atoms with van der Waals surface area (Å²) in [5, 5.41) is 2.92. The van der Waals surface area contributed by atoms with Gasteiger partial charge in [0, 0.05) is 18.2 Å². The standard InChI is InChI=1S/C20H18ClNO7/c1-11(19(23)22-13-3-4-15-16(9-13)28-10-27-15)29-20(24)12-7-14(21)18-17(8-12)25-5-2-6-26-18/h3-4,7-9,11H,2,5-6,10H2,1H3,(H,22,23). The fourth-order valence-corrected chi connectivity index (χ4v) is 3.11. The molecule has 2 aliphatic rings. The second-order valence-electron chi connectivity index (χ2n) is 6.44. The Morgan fingerprint density at radius 3 is 2.69 bits per heavy atom. The third kappa shape index (κ3) is 4.17. The van der Waals surface area contributed by atoms with Gasteiger partial charge in [-0.25, -0.2) is 4.79 Å². The number of carbonyl (C=O) groups is 2. The molecule has 1 amide bonds. The van der Waals surface area contributed by atoms with Crippen LogP contribution in [0.5, 0.6) is 23.0 Å². The molecule has 0 bridgehead atoms. The van der Waals surface area contributed by atoms with Gasteiger partial charge in [-0.1, -0.05) is 11.6 Å². The first-order valence-corrected chi connectivity index (χ1v) is 9.39. The van der Waals surface area contributed by atoms with Crippen molar-refractivity contribution < 1.29 is 33.3 Å². The number of anilines is 1. The first-order chi connectivity index (χ1) is 14.0. The lowest BCUT2D eigenvalue weighted by Crippen LogP contribution is -2.30. The van der Waals surface area contributed by atoms with Gasteiger partial charge in [-0.3, -0.25) is 4.79 Å². The average Bonchev–Trinajstić information content (AvgIpc) is 3.03. The number of benzene rings is 2. The zero-order valence-electron chi connectivity index (χ0n) is 15.5. The Hall–Kier alpha value is -3.13. The van der Waals surface area contributed by atoms with Gasteiger partial charge in [0.15, 0.2) is 29.1 Å². The summed E-state index contributed by atoms with van der Waals surface area (Å²) < 4.78 is 26.9. The van der Waals surface area contributed by atoms with Gasteiger partial charge in [0.25, 0.3) is 5.91 Å². The Morgan fingerprint density at radius 1 is 1.03 bits per heavy atom. The predicted octanol–water partition coefficient (Wildman–Crippen LogP) is 3.41. The summed E-state index contributed by atoms with van der Waals surface area (Å²) in [7, 11) is 0. The van der Waals surface area contributed by atoms with Gasteiger partial charge < -0.3 is 29.0 Å². The van der Waals surface area contributed by atoms with Gasteiger partial charge in [0.05, 0.1) is 23.8 Å². The fourth-order valence-electron chi connectivity index (χ4n) is 2.85. The van der Waals surface area contributed by atoms with Gasteiger partial charge in [-0.2, -0.15) is 0 Å². The highest BCUT2D eigenvalue weighted by molar-refractivity contribution is 6.32. The van der Waals surface area contributed by atoms with E-state index in [-0.39, 0.29) is 17.4 Å².